The monoisotopic (exact) mass is 364 g/mol. The molecule has 1 unspecified atom stereocenters. The number of furan rings is 1. The third-order valence-corrected chi connectivity index (χ3v) is 6.31. The molecular weight excluding hydrogens is 348 g/mol. The number of nitrogens with zero attached hydrogens (tertiary/aromatic N) is 2. The fraction of sp³-hybridized carbons (Fsp3) is 0.312. The highest BCUT2D eigenvalue weighted by atomic mass is 32.2. The summed E-state index contributed by atoms with van der Waals surface area (Å²) in [4.78, 5) is 23.8. The molecule has 0 spiro atoms. The predicted octanol–water partition coefficient (Wildman–Crippen LogP) is 2.19. The van der Waals surface area contributed by atoms with Crippen LogP contribution >= 0.6 is 0 Å². The van der Waals surface area contributed by atoms with Gasteiger partial charge in [-0.1, -0.05) is 30.3 Å². The first-order valence-electron chi connectivity index (χ1n) is 7.68. The molecular formula is C16H16N2O6S. The zero-order valence-electron chi connectivity index (χ0n) is 13.2. The van der Waals surface area contributed by atoms with Gasteiger partial charge in [-0.25, -0.2) is 8.42 Å². The molecule has 0 aliphatic carbocycles. The maximum absolute atomic E-state index is 12.5. The minimum absolute atomic E-state index is 0.0268. The molecule has 1 aromatic heterocycles. The maximum Gasteiger partial charge on any atom is 0.433 e. The van der Waals surface area contributed by atoms with Crippen molar-refractivity contribution in [3.63, 3.8) is 0 Å². The molecule has 1 aliphatic heterocycles. The van der Waals surface area contributed by atoms with Crippen molar-refractivity contribution >= 4 is 21.6 Å². The molecule has 9 heteroatoms. The summed E-state index contributed by atoms with van der Waals surface area (Å²) in [6.45, 7) is 0.255. The molecule has 0 saturated carbocycles. The van der Waals surface area contributed by atoms with E-state index in [1.807, 2.05) is 6.07 Å². The Kier molecular flexibility index (Phi) is 4.58. The Hall–Kier alpha value is -2.68. The molecule has 1 atom stereocenters. The van der Waals surface area contributed by atoms with Gasteiger partial charge in [-0.2, -0.15) is 0 Å². The molecule has 132 valence electrons. The minimum Gasteiger partial charge on any atom is -0.395 e. The van der Waals surface area contributed by atoms with Gasteiger partial charge in [-0.05, 0) is 18.1 Å². The third-order valence-electron chi connectivity index (χ3n) is 4.18. The van der Waals surface area contributed by atoms with E-state index in [0.29, 0.717) is 5.56 Å². The third kappa shape index (κ3) is 3.55. The van der Waals surface area contributed by atoms with Gasteiger partial charge in [0.15, 0.2) is 15.6 Å². The van der Waals surface area contributed by atoms with Crippen LogP contribution in [-0.4, -0.2) is 43.0 Å². The number of amides is 1. The molecule has 1 fully saturated rings. The van der Waals surface area contributed by atoms with Crippen molar-refractivity contribution in [1.29, 1.82) is 0 Å². The predicted molar refractivity (Wildman–Crippen MR) is 88.9 cm³/mol. The first-order chi connectivity index (χ1) is 11.9. The topological polar surface area (TPSA) is 111 Å². The normalized spacial score (nSPS) is 20.0. The van der Waals surface area contributed by atoms with Gasteiger partial charge in [0, 0.05) is 13.1 Å². The lowest BCUT2D eigenvalue weighted by molar-refractivity contribution is -0.402. The Bertz CT molecular complexity index is 890. The van der Waals surface area contributed by atoms with Gasteiger partial charge in [-0.15, -0.1) is 0 Å². The number of rotatable bonds is 3. The summed E-state index contributed by atoms with van der Waals surface area (Å²) in [6.07, 6.45) is 0.265. The van der Waals surface area contributed by atoms with Crippen LogP contribution in [0.1, 0.15) is 27.8 Å². The second-order valence-corrected chi connectivity index (χ2v) is 8.05. The highest BCUT2D eigenvalue weighted by Gasteiger charge is 2.33. The van der Waals surface area contributed by atoms with Crippen LogP contribution in [0.4, 0.5) is 5.88 Å². The van der Waals surface area contributed by atoms with Gasteiger partial charge in [-0.3, -0.25) is 14.9 Å². The van der Waals surface area contributed by atoms with Crippen molar-refractivity contribution < 1.29 is 22.6 Å². The van der Waals surface area contributed by atoms with Gasteiger partial charge in [0.1, 0.15) is 4.92 Å². The van der Waals surface area contributed by atoms with Gasteiger partial charge in [0.05, 0.1) is 17.1 Å². The van der Waals surface area contributed by atoms with E-state index in [4.69, 9.17) is 4.42 Å². The lowest BCUT2D eigenvalue weighted by Crippen LogP contribution is -2.33. The highest BCUT2D eigenvalue weighted by molar-refractivity contribution is 7.91. The zero-order chi connectivity index (χ0) is 18.0. The number of carbonyl (C=O) groups is 1. The highest BCUT2D eigenvalue weighted by Crippen LogP contribution is 2.30. The van der Waals surface area contributed by atoms with E-state index in [2.05, 4.69) is 0 Å². The lowest BCUT2D eigenvalue weighted by Gasteiger charge is -2.18. The van der Waals surface area contributed by atoms with Gasteiger partial charge >= 0.3 is 5.88 Å². The number of nitro groups is 1. The molecule has 0 radical (unpaired) electrons. The second-order valence-electron chi connectivity index (χ2n) is 5.74. The number of benzene rings is 1. The Morgan fingerprint density at radius 2 is 1.88 bits per heavy atom. The van der Waals surface area contributed by atoms with E-state index in [9.17, 15) is 23.3 Å². The quantitative estimate of drug-likeness (QED) is 0.610. The Labute approximate surface area is 144 Å². The van der Waals surface area contributed by atoms with Crippen molar-refractivity contribution in [2.75, 3.05) is 18.8 Å². The Morgan fingerprint density at radius 1 is 1.16 bits per heavy atom. The first-order valence-corrected chi connectivity index (χ1v) is 9.40. The van der Waals surface area contributed by atoms with E-state index in [1.165, 1.54) is 11.0 Å². The van der Waals surface area contributed by atoms with Crippen LogP contribution in [0.3, 0.4) is 0 Å². The minimum atomic E-state index is -3.40. The molecule has 2 heterocycles. The van der Waals surface area contributed by atoms with Crippen molar-refractivity contribution in [2.45, 2.75) is 11.7 Å². The van der Waals surface area contributed by atoms with Gasteiger partial charge in [0.2, 0.25) is 0 Å². The largest absolute Gasteiger partial charge is 0.433 e. The van der Waals surface area contributed by atoms with Crippen LogP contribution in [0.5, 0.6) is 0 Å². The maximum atomic E-state index is 12.5. The second kappa shape index (κ2) is 6.67. The van der Waals surface area contributed by atoms with Crippen molar-refractivity contribution in [2.24, 2.45) is 0 Å². The van der Waals surface area contributed by atoms with E-state index < -0.39 is 31.8 Å². The number of sulfone groups is 1. The van der Waals surface area contributed by atoms with Crippen LogP contribution in [0.15, 0.2) is 46.9 Å². The van der Waals surface area contributed by atoms with Crippen LogP contribution in [0, 0.1) is 10.1 Å². The molecule has 0 bridgehead atoms. The van der Waals surface area contributed by atoms with Crippen LogP contribution in [0.25, 0.3) is 0 Å². The Morgan fingerprint density at radius 3 is 2.52 bits per heavy atom. The van der Waals surface area contributed by atoms with Crippen LogP contribution < -0.4 is 0 Å². The molecule has 8 nitrogen and oxygen atoms in total. The van der Waals surface area contributed by atoms with Gasteiger partial charge in [0.25, 0.3) is 5.91 Å². The van der Waals surface area contributed by atoms with E-state index in [0.717, 1.165) is 6.07 Å². The number of hydrogen-bond acceptors (Lipinski definition) is 6. The summed E-state index contributed by atoms with van der Waals surface area (Å²) >= 11 is 0. The molecule has 1 aliphatic rings. The van der Waals surface area contributed by atoms with Crippen LogP contribution in [0.2, 0.25) is 0 Å². The average Bonchev–Trinajstić information content (AvgIpc) is 3.02. The Balaban J connectivity index is 1.80. The molecule has 1 aromatic carbocycles. The standard InChI is InChI=1S/C16H16N2O6S/c19-16(13-6-7-15(24-13)18(20)21)17-9-8-14(25(22,23)11-10-17)12-4-2-1-3-5-12/h1-7,14H,8-11H2. The fourth-order valence-electron chi connectivity index (χ4n) is 2.89. The summed E-state index contributed by atoms with van der Waals surface area (Å²) in [5.41, 5.74) is 0.699. The molecule has 3 rings (SSSR count). The van der Waals surface area contributed by atoms with E-state index >= 15 is 0 Å². The molecule has 25 heavy (non-hydrogen) atoms. The number of hydrogen-bond donors (Lipinski definition) is 0. The molecule has 1 amide bonds. The molecule has 0 N–H and O–H groups in total. The lowest BCUT2D eigenvalue weighted by atomic mass is 10.1. The summed E-state index contributed by atoms with van der Waals surface area (Å²) < 4.78 is 30.0. The van der Waals surface area contributed by atoms with Crippen molar-refractivity contribution in [3.8, 4) is 0 Å². The average molecular weight is 364 g/mol. The van der Waals surface area contributed by atoms with E-state index in [-0.39, 0.29) is 31.0 Å². The first kappa shape index (κ1) is 17.2. The fourth-order valence-corrected chi connectivity index (χ4v) is 4.68. The number of carbonyl (C=O) groups excluding carboxylic acids is 1. The SMILES string of the molecule is O=C(c1ccc([N+](=O)[O-])o1)N1CCC(c2ccccc2)S(=O)(=O)CC1. The zero-order valence-corrected chi connectivity index (χ0v) is 14.0. The van der Waals surface area contributed by atoms with Crippen molar-refractivity contribution in [3.05, 3.63) is 63.9 Å². The van der Waals surface area contributed by atoms with Crippen molar-refractivity contribution in [1.82, 2.24) is 4.90 Å². The summed E-state index contributed by atoms with van der Waals surface area (Å²) in [6, 6.07) is 11.2. The van der Waals surface area contributed by atoms with E-state index in [1.54, 1.807) is 24.3 Å². The summed E-state index contributed by atoms with van der Waals surface area (Å²) in [5, 5.41) is 9.99. The summed E-state index contributed by atoms with van der Waals surface area (Å²) in [5.74, 6) is -1.39. The van der Waals surface area contributed by atoms with Crippen LogP contribution in [-0.2, 0) is 9.84 Å². The molecule has 2 aromatic rings. The smallest absolute Gasteiger partial charge is 0.395 e. The molecule has 1 saturated heterocycles. The van der Waals surface area contributed by atoms with Gasteiger partial charge < -0.3 is 9.32 Å². The summed E-state index contributed by atoms with van der Waals surface area (Å²) in [7, 11) is -3.40.